The number of carbonyl (C=O) groups is 2. The van der Waals surface area contributed by atoms with Crippen molar-refractivity contribution in [2.75, 3.05) is 31.6 Å². The van der Waals surface area contributed by atoms with Gasteiger partial charge in [0.15, 0.2) is 11.5 Å². The van der Waals surface area contributed by atoms with Crippen LogP contribution in [0.4, 0.5) is 10.1 Å². The van der Waals surface area contributed by atoms with Crippen LogP contribution in [0.1, 0.15) is 25.0 Å². The smallest absolute Gasteiger partial charge is 0.264 e. The van der Waals surface area contributed by atoms with Gasteiger partial charge < -0.3 is 19.7 Å². The van der Waals surface area contributed by atoms with E-state index >= 15 is 0 Å². The van der Waals surface area contributed by atoms with Gasteiger partial charge >= 0.3 is 0 Å². The number of nitrogens with zero attached hydrogens (tertiary/aromatic N) is 2. The summed E-state index contributed by atoms with van der Waals surface area (Å²) in [6.45, 7) is 3.55. The summed E-state index contributed by atoms with van der Waals surface area (Å²) in [5.74, 6) is -1.02. The number of hydrogen-bond acceptors (Lipinski definition) is 6. The Morgan fingerprint density at radius 2 is 1.52 bits per heavy atom. The van der Waals surface area contributed by atoms with E-state index in [0.717, 1.165) is 22.0 Å². The number of benzene rings is 4. The predicted octanol–water partition coefficient (Wildman–Crippen LogP) is 6.10. The molecule has 0 unspecified atom stereocenters. The number of hydrogen-bond donors (Lipinski definition) is 1. The van der Waals surface area contributed by atoms with Crippen molar-refractivity contribution in [1.82, 2.24) is 10.2 Å². The summed E-state index contributed by atoms with van der Waals surface area (Å²) in [7, 11) is -1.65. The minimum Gasteiger partial charge on any atom is -0.493 e. The van der Waals surface area contributed by atoms with Crippen LogP contribution in [-0.4, -0.2) is 58.5 Å². The molecule has 1 N–H and O–H groups in total. The molecule has 0 heterocycles. The van der Waals surface area contributed by atoms with E-state index in [1.54, 1.807) is 24.3 Å². The molecule has 4 aromatic carbocycles. The van der Waals surface area contributed by atoms with E-state index in [2.05, 4.69) is 5.32 Å². The molecule has 48 heavy (non-hydrogen) atoms. The van der Waals surface area contributed by atoms with Crippen molar-refractivity contribution in [2.24, 2.45) is 5.92 Å². The van der Waals surface area contributed by atoms with Crippen molar-refractivity contribution < 1.29 is 31.9 Å². The van der Waals surface area contributed by atoms with E-state index in [0.29, 0.717) is 22.9 Å². The third-order valence-corrected chi connectivity index (χ3v) is 9.54. The third kappa shape index (κ3) is 9.26. The summed E-state index contributed by atoms with van der Waals surface area (Å²) in [6, 6.07) is 24.0. The third-order valence-electron chi connectivity index (χ3n) is 7.53. The first-order valence-corrected chi connectivity index (χ1v) is 17.1. The van der Waals surface area contributed by atoms with E-state index in [1.165, 1.54) is 49.5 Å². The van der Waals surface area contributed by atoms with Crippen molar-refractivity contribution in [3.63, 3.8) is 0 Å². The highest BCUT2D eigenvalue weighted by Gasteiger charge is 2.35. The molecule has 0 fully saturated rings. The molecule has 0 aliphatic heterocycles. The van der Waals surface area contributed by atoms with Gasteiger partial charge in [0.1, 0.15) is 18.4 Å². The van der Waals surface area contributed by atoms with Gasteiger partial charge in [-0.3, -0.25) is 13.9 Å². The molecule has 4 rings (SSSR count). The fourth-order valence-electron chi connectivity index (χ4n) is 5.05. The molecule has 2 amide bonds. The zero-order valence-electron chi connectivity index (χ0n) is 27.2. The Kier molecular flexibility index (Phi) is 12.4. The van der Waals surface area contributed by atoms with E-state index in [1.807, 2.05) is 44.2 Å². The van der Waals surface area contributed by atoms with E-state index < -0.39 is 34.3 Å². The Hall–Kier alpha value is -4.61. The van der Waals surface area contributed by atoms with Gasteiger partial charge in [-0.05, 0) is 65.6 Å². The van der Waals surface area contributed by atoms with Crippen LogP contribution in [0, 0.1) is 11.7 Å². The second-order valence-electron chi connectivity index (χ2n) is 11.5. The lowest BCUT2D eigenvalue weighted by Crippen LogP contribution is -2.53. The molecule has 254 valence electrons. The SMILES string of the molecule is COc1ccc(S(=O)(=O)N(CC(=O)N(Cc2cccc(Cl)c2)[C@@H](Cc2ccccc2)C(=O)NCC(C)C)c2ccc(F)cc2)cc1OC. The second-order valence-corrected chi connectivity index (χ2v) is 13.8. The average molecular weight is 696 g/mol. The average Bonchev–Trinajstić information content (AvgIpc) is 3.08. The highest BCUT2D eigenvalue weighted by atomic mass is 35.5. The number of carbonyl (C=O) groups excluding carboxylic acids is 2. The van der Waals surface area contributed by atoms with Crippen LogP contribution in [0.15, 0.2) is 102 Å². The van der Waals surface area contributed by atoms with Crippen molar-refractivity contribution >= 4 is 39.1 Å². The summed E-state index contributed by atoms with van der Waals surface area (Å²) in [6.07, 6.45) is 0.163. The van der Waals surface area contributed by atoms with Crippen molar-refractivity contribution in [1.29, 1.82) is 0 Å². The Morgan fingerprint density at radius 1 is 0.854 bits per heavy atom. The number of methoxy groups -OCH3 is 2. The predicted molar refractivity (Wildman–Crippen MR) is 184 cm³/mol. The maximum Gasteiger partial charge on any atom is 0.264 e. The van der Waals surface area contributed by atoms with E-state index in [4.69, 9.17) is 21.1 Å². The topological polar surface area (TPSA) is 105 Å². The number of sulfonamides is 1. The maximum atomic E-state index is 14.5. The van der Waals surface area contributed by atoms with E-state index in [-0.39, 0.29) is 41.1 Å². The molecule has 1 atom stereocenters. The maximum absolute atomic E-state index is 14.5. The zero-order chi connectivity index (χ0) is 34.8. The monoisotopic (exact) mass is 695 g/mol. The standard InChI is InChI=1S/C36H39ClFN3O6S/c1-25(2)22-39-36(43)32(20-26-9-6-5-7-10-26)40(23-27-11-8-12-28(37)19-27)35(42)24-41(30-15-13-29(38)14-16-30)48(44,45)31-17-18-33(46-3)34(21-31)47-4/h5-19,21,25,32H,20,22-24H2,1-4H3,(H,39,43)/t32-/m0/s1. The lowest BCUT2D eigenvalue weighted by molar-refractivity contribution is -0.140. The molecule has 0 spiro atoms. The van der Waals surface area contributed by atoms with Crippen molar-refractivity contribution in [3.05, 3.63) is 119 Å². The number of ether oxygens (including phenoxy) is 2. The van der Waals surface area contributed by atoms with Crippen LogP contribution in [-0.2, 0) is 32.6 Å². The van der Waals surface area contributed by atoms with Crippen LogP contribution in [0.5, 0.6) is 11.5 Å². The Balaban J connectivity index is 1.82. The molecule has 0 saturated carbocycles. The summed E-state index contributed by atoms with van der Waals surface area (Å²) >= 11 is 6.30. The number of rotatable bonds is 15. The van der Waals surface area contributed by atoms with Gasteiger partial charge in [0.2, 0.25) is 11.8 Å². The molecule has 0 saturated heterocycles. The molecule has 0 aliphatic rings. The van der Waals surface area contributed by atoms with Gasteiger partial charge in [0.25, 0.3) is 10.0 Å². The van der Waals surface area contributed by atoms with Crippen molar-refractivity contribution in [2.45, 2.75) is 37.8 Å². The lowest BCUT2D eigenvalue weighted by atomic mass is 10.0. The molecule has 0 aliphatic carbocycles. The molecule has 0 aromatic heterocycles. The van der Waals surface area contributed by atoms with Crippen molar-refractivity contribution in [3.8, 4) is 11.5 Å². The number of amides is 2. The van der Waals surface area contributed by atoms with Gasteiger partial charge in [-0.25, -0.2) is 12.8 Å². The van der Waals surface area contributed by atoms with E-state index in [9.17, 15) is 22.4 Å². The summed E-state index contributed by atoms with van der Waals surface area (Å²) in [5, 5.41) is 3.39. The summed E-state index contributed by atoms with van der Waals surface area (Å²) in [5.41, 5.74) is 1.49. The second kappa shape index (κ2) is 16.5. The van der Waals surface area contributed by atoms with Gasteiger partial charge in [0.05, 0.1) is 24.8 Å². The van der Waals surface area contributed by atoms with Crippen LogP contribution in [0.25, 0.3) is 0 Å². The normalized spacial score (nSPS) is 11.9. The first-order chi connectivity index (χ1) is 22.9. The first kappa shape index (κ1) is 36.2. The fourth-order valence-corrected chi connectivity index (χ4v) is 6.69. The molecule has 4 aromatic rings. The quantitative estimate of drug-likeness (QED) is 0.161. The minimum atomic E-state index is -4.45. The largest absolute Gasteiger partial charge is 0.493 e. The van der Waals surface area contributed by atoms with Crippen LogP contribution >= 0.6 is 11.6 Å². The first-order valence-electron chi connectivity index (χ1n) is 15.3. The molecule has 0 bridgehead atoms. The molecule has 12 heteroatoms. The minimum absolute atomic E-state index is 0.0420. The number of anilines is 1. The van der Waals surface area contributed by atoms with Crippen LogP contribution in [0.2, 0.25) is 5.02 Å². The van der Waals surface area contributed by atoms with Crippen LogP contribution in [0.3, 0.4) is 0 Å². The van der Waals surface area contributed by atoms with Gasteiger partial charge in [-0.15, -0.1) is 0 Å². The lowest BCUT2D eigenvalue weighted by Gasteiger charge is -2.34. The number of halogens is 2. The fraction of sp³-hybridized carbons (Fsp3) is 0.278. The summed E-state index contributed by atoms with van der Waals surface area (Å²) < 4.78 is 54.1. The van der Waals surface area contributed by atoms with Crippen LogP contribution < -0.4 is 19.1 Å². The van der Waals surface area contributed by atoms with Gasteiger partial charge in [-0.1, -0.05) is 67.9 Å². The molecular weight excluding hydrogens is 657 g/mol. The Morgan fingerprint density at radius 3 is 2.15 bits per heavy atom. The molecule has 9 nitrogen and oxygen atoms in total. The molecular formula is C36H39ClFN3O6S. The highest BCUT2D eigenvalue weighted by Crippen LogP contribution is 2.32. The van der Waals surface area contributed by atoms with Gasteiger partial charge in [-0.2, -0.15) is 0 Å². The molecule has 0 radical (unpaired) electrons. The Bertz CT molecular complexity index is 1810. The summed E-state index contributed by atoms with van der Waals surface area (Å²) in [4.78, 5) is 29.6. The Labute approximate surface area is 286 Å². The highest BCUT2D eigenvalue weighted by molar-refractivity contribution is 7.92. The van der Waals surface area contributed by atoms with Gasteiger partial charge in [0, 0.05) is 30.6 Å². The number of nitrogens with one attached hydrogen (secondary N) is 1. The zero-order valence-corrected chi connectivity index (χ0v) is 28.8.